The third-order valence-corrected chi connectivity index (χ3v) is 6.08. The van der Waals surface area contributed by atoms with Crippen molar-refractivity contribution in [2.75, 3.05) is 16.8 Å². The summed E-state index contributed by atoms with van der Waals surface area (Å²) in [5.41, 5.74) is 1.10. The lowest BCUT2D eigenvalue weighted by Gasteiger charge is -2.26. The molecule has 0 saturated carbocycles. The lowest BCUT2D eigenvalue weighted by atomic mass is 10.1. The molecule has 1 fully saturated rings. The van der Waals surface area contributed by atoms with Crippen molar-refractivity contribution in [2.24, 2.45) is 0 Å². The zero-order chi connectivity index (χ0) is 28.3. The minimum absolute atomic E-state index is 0.00464. The van der Waals surface area contributed by atoms with Crippen LogP contribution in [0.5, 0.6) is 5.75 Å². The number of barbiturate groups is 1. The van der Waals surface area contributed by atoms with Gasteiger partial charge >= 0.3 is 6.03 Å². The summed E-state index contributed by atoms with van der Waals surface area (Å²) in [5.74, 6) is -2.34. The van der Waals surface area contributed by atoms with Crippen LogP contribution in [0, 0.1) is 17.0 Å². The lowest BCUT2D eigenvalue weighted by molar-refractivity contribution is -0.384. The number of carbonyl (C=O) groups is 4. The number of nitro groups is 1. The summed E-state index contributed by atoms with van der Waals surface area (Å²) < 4.78 is 5.50. The van der Waals surface area contributed by atoms with Crippen molar-refractivity contribution >= 4 is 70.1 Å². The molecular formula is C26H18Cl2N4O7. The van der Waals surface area contributed by atoms with E-state index in [4.69, 9.17) is 27.9 Å². The van der Waals surface area contributed by atoms with Crippen LogP contribution in [0.2, 0.25) is 10.0 Å². The summed E-state index contributed by atoms with van der Waals surface area (Å²) in [6.45, 7) is 1.46. The van der Waals surface area contributed by atoms with Crippen LogP contribution in [0.25, 0.3) is 6.08 Å². The Hall–Kier alpha value is -4.74. The SMILES string of the molecule is Cc1ccccc1NC(=O)COc1c(Cl)cc(/C=C2/C(=O)NC(=O)N(c3ccc([N+](=O)[O-])cc3)C2=O)cc1Cl. The Balaban J connectivity index is 1.53. The number of hydrogen-bond donors (Lipinski definition) is 2. The maximum atomic E-state index is 13.1. The molecule has 13 heteroatoms. The van der Waals surface area contributed by atoms with Crippen LogP contribution in [0.15, 0.2) is 66.2 Å². The number of carbonyl (C=O) groups excluding carboxylic acids is 4. The number of halogens is 2. The van der Waals surface area contributed by atoms with E-state index >= 15 is 0 Å². The molecule has 0 aromatic heterocycles. The molecule has 0 atom stereocenters. The summed E-state index contributed by atoms with van der Waals surface area (Å²) in [6.07, 6.45) is 1.18. The second-order valence-corrected chi connectivity index (χ2v) is 9.01. The zero-order valence-electron chi connectivity index (χ0n) is 20.1. The van der Waals surface area contributed by atoms with Crippen molar-refractivity contribution < 1.29 is 28.8 Å². The van der Waals surface area contributed by atoms with E-state index in [0.29, 0.717) is 10.6 Å². The number of imide groups is 2. The van der Waals surface area contributed by atoms with Gasteiger partial charge in [0.2, 0.25) is 0 Å². The van der Waals surface area contributed by atoms with Crippen molar-refractivity contribution in [1.29, 1.82) is 0 Å². The van der Waals surface area contributed by atoms with Crippen LogP contribution in [0.3, 0.4) is 0 Å². The predicted molar refractivity (Wildman–Crippen MR) is 144 cm³/mol. The van der Waals surface area contributed by atoms with Crippen molar-refractivity contribution in [2.45, 2.75) is 6.92 Å². The van der Waals surface area contributed by atoms with E-state index in [1.165, 1.54) is 30.3 Å². The van der Waals surface area contributed by atoms with Crippen LogP contribution in [0.4, 0.5) is 21.9 Å². The number of nitro benzene ring substituents is 1. The van der Waals surface area contributed by atoms with Crippen molar-refractivity contribution in [3.8, 4) is 5.75 Å². The van der Waals surface area contributed by atoms with Crippen molar-refractivity contribution in [1.82, 2.24) is 5.32 Å². The molecule has 3 aromatic carbocycles. The Kier molecular flexibility index (Phi) is 7.93. The molecule has 0 unspecified atom stereocenters. The number of para-hydroxylation sites is 1. The Morgan fingerprint density at radius 1 is 1.08 bits per heavy atom. The quantitative estimate of drug-likeness (QED) is 0.178. The molecule has 2 N–H and O–H groups in total. The highest BCUT2D eigenvalue weighted by Gasteiger charge is 2.37. The maximum Gasteiger partial charge on any atom is 0.335 e. The first-order chi connectivity index (χ1) is 18.5. The number of rotatable bonds is 7. The van der Waals surface area contributed by atoms with E-state index < -0.39 is 34.2 Å². The minimum atomic E-state index is -1.01. The lowest BCUT2D eigenvalue weighted by Crippen LogP contribution is -2.54. The van der Waals surface area contributed by atoms with Crippen LogP contribution in [0.1, 0.15) is 11.1 Å². The highest BCUT2D eigenvalue weighted by Crippen LogP contribution is 2.35. The second kappa shape index (κ2) is 11.3. The molecule has 0 spiro atoms. The monoisotopic (exact) mass is 568 g/mol. The average Bonchev–Trinajstić information content (AvgIpc) is 2.87. The number of benzene rings is 3. The van der Waals surface area contributed by atoms with E-state index in [1.807, 2.05) is 19.1 Å². The van der Waals surface area contributed by atoms with Gasteiger partial charge in [-0.15, -0.1) is 0 Å². The molecule has 3 aromatic rings. The van der Waals surface area contributed by atoms with Crippen molar-refractivity contribution in [3.63, 3.8) is 0 Å². The van der Waals surface area contributed by atoms with Crippen molar-refractivity contribution in [3.05, 3.63) is 97.5 Å². The van der Waals surface area contributed by atoms with Crippen LogP contribution >= 0.6 is 23.2 Å². The van der Waals surface area contributed by atoms with E-state index in [1.54, 1.807) is 12.1 Å². The van der Waals surface area contributed by atoms with Gasteiger partial charge in [0.05, 0.1) is 20.7 Å². The largest absolute Gasteiger partial charge is 0.481 e. The van der Waals surface area contributed by atoms with Gasteiger partial charge in [-0.3, -0.25) is 29.8 Å². The molecule has 198 valence electrons. The summed E-state index contributed by atoms with van der Waals surface area (Å²) in [4.78, 5) is 61.1. The average molecular weight is 569 g/mol. The summed E-state index contributed by atoms with van der Waals surface area (Å²) >= 11 is 12.6. The number of aryl methyl sites for hydroxylation is 1. The van der Waals surface area contributed by atoms with E-state index in [-0.39, 0.29) is 39.3 Å². The third-order valence-electron chi connectivity index (χ3n) is 5.52. The Morgan fingerprint density at radius 3 is 2.33 bits per heavy atom. The van der Waals surface area contributed by atoms with E-state index in [0.717, 1.165) is 17.7 Å². The fourth-order valence-electron chi connectivity index (χ4n) is 3.62. The highest BCUT2D eigenvalue weighted by atomic mass is 35.5. The number of hydrogen-bond acceptors (Lipinski definition) is 7. The van der Waals surface area contributed by atoms with Gasteiger partial charge in [0, 0.05) is 17.8 Å². The summed E-state index contributed by atoms with van der Waals surface area (Å²) in [7, 11) is 0. The van der Waals surface area contributed by atoms with Gasteiger partial charge in [-0.25, -0.2) is 9.69 Å². The fraction of sp³-hybridized carbons (Fsp3) is 0.0769. The Bertz CT molecular complexity index is 1530. The molecule has 39 heavy (non-hydrogen) atoms. The number of nitrogens with one attached hydrogen (secondary N) is 2. The first-order valence-corrected chi connectivity index (χ1v) is 11.9. The van der Waals surface area contributed by atoms with Gasteiger partial charge in [0.25, 0.3) is 23.4 Å². The Morgan fingerprint density at radius 2 is 1.72 bits per heavy atom. The number of anilines is 2. The number of nitrogens with zero attached hydrogens (tertiary/aromatic N) is 2. The zero-order valence-corrected chi connectivity index (χ0v) is 21.6. The second-order valence-electron chi connectivity index (χ2n) is 8.20. The van der Waals surface area contributed by atoms with Crippen LogP contribution in [-0.4, -0.2) is 35.3 Å². The van der Waals surface area contributed by atoms with E-state index in [9.17, 15) is 29.3 Å². The fourth-order valence-corrected chi connectivity index (χ4v) is 4.23. The maximum absolute atomic E-state index is 13.1. The molecule has 0 aliphatic carbocycles. The molecule has 0 bridgehead atoms. The summed E-state index contributed by atoms with van der Waals surface area (Å²) in [5, 5.41) is 15.7. The Labute approximate surface area is 231 Å². The third kappa shape index (κ3) is 6.06. The number of ether oxygens (including phenoxy) is 1. The highest BCUT2D eigenvalue weighted by molar-refractivity contribution is 6.40. The smallest absolute Gasteiger partial charge is 0.335 e. The molecular weight excluding hydrogens is 551 g/mol. The molecule has 1 saturated heterocycles. The van der Waals surface area contributed by atoms with Gasteiger partial charge in [-0.1, -0.05) is 41.4 Å². The number of non-ortho nitro benzene ring substituents is 1. The molecule has 11 nitrogen and oxygen atoms in total. The van der Waals surface area contributed by atoms with Gasteiger partial charge < -0.3 is 10.1 Å². The standard InChI is InChI=1S/C26H18Cl2N4O7/c1-14-4-2-3-5-21(14)29-22(33)13-39-23-19(27)11-15(12-20(23)28)10-18-24(34)30-26(36)31(25(18)35)16-6-8-17(9-7-16)32(37)38/h2-12H,13H2,1H3,(H,29,33)(H,30,34,36)/b18-10-. The van der Waals surface area contributed by atoms with Gasteiger partial charge in [-0.2, -0.15) is 0 Å². The first kappa shape index (κ1) is 27.3. The predicted octanol–water partition coefficient (Wildman–Crippen LogP) is 4.89. The van der Waals surface area contributed by atoms with Gasteiger partial charge in [0.15, 0.2) is 12.4 Å². The molecule has 1 aliphatic rings. The minimum Gasteiger partial charge on any atom is -0.481 e. The number of amides is 5. The van der Waals surface area contributed by atoms with Crippen LogP contribution < -0.4 is 20.3 Å². The topological polar surface area (TPSA) is 148 Å². The molecule has 0 radical (unpaired) electrons. The van der Waals surface area contributed by atoms with E-state index in [2.05, 4.69) is 10.6 Å². The number of urea groups is 1. The van der Waals surface area contributed by atoms with Crippen LogP contribution in [-0.2, 0) is 14.4 Å². The molecule has 4 rings (SSSR count). The summed E-state index contributed by atoms with van der Waals surface area (Å²) in [6, 6.07) is 13.6. The first-order valence-electron chi connectivity index (χ1n) is 11.2. The normalized spacial score (nSPS) is 14.3. The molecule has 1 heterocycles. The molecule has 1 aliphatic heterocycles. The van der Waals surface area contributed by atoms with Gasteiger partial charge in [-0.05, 0) is 54.5 Å². The molecule has 5 amide bonds. The van der Waals surface area contributed by atoms with Gasteiger partial charge in [0.1, 0.15) is 5.57 Å².